The highest BCUT2D eigenvalue weighted by Gasteiger charge is 2.20. The lowest BCUT2D eigenvalue weighted by Gasteiger charge is -2.17. The van der Waals surface area contributed by atoms with Crippen LogP contribution in [0, 0.1) is 34.6 Å². The van der Waals surface area contributed by atoms with E-state index in [0.717, 1.165) is 44.5 Å². The average molecular weight is 395 g/mol. The van der Waals surface area contributed by atoms with Gasteiger partial charge in [0.15, 0.2) is 0 Å². The minimum atomic E-state index is -0.102. The fourth-order valence-corrected chi connectivity index (χ4v) is 4.15. The van der Waals surface area contributed by atoms with Crippen LogP contribution in [-0.4, -0.2) is 10.9 Å². The number of aryl methyl sites for hydroxylation is 4. The van der Waals surface area contributed by atoms with Gasteiger partial charge in [-0.15, -0.1) is 0 Å². The van der Waals surface area contributed by atoms with Crippen LogP contribution >= 0.6 is 0 Å². The number of fused-ring (bicyclic) bond motifs is 1. The van der Waals surface area contributed by atoms with E-state index in [1.54, 1.807) is 0 Å². The van der Waals surface area contributed by atoms with Crippen molar-refractivity contribution in [1.82, 2.24) is 4.98 Å². The lowest BCUT2D eigenvalue weighted by atomic mass is 9.96. The highest BCUT2D eigenvalue weighted by Crippen LogP contribution is 2.31. The van der Waals surface area contributed by atoms with Gasteiger partial charge >= 0.3 is 0 Å². The SMILES string of the molecule is Cc1ccc(-c2nc3ccccc3c(C(=O)Nc3c(C)cc(C)cc3C)c2C)cc1. The van der Waals surface area contributed by atoms with Crippen molar-refractivity contribution in [3.63, 3.8) is 0 Å². The Hall–Kier alpha value is -3.46. The number of benzene rings is 3. The van der Waals surface area contributed by atoms with Crippen molar-refractivity contribution in [3.05, 3.63) is 94.0 Å². The molecule has 150 valence electrons. The third-order valence-electron chi connectivity index (χ3n) is 5.60. The minimum Gasteiger partial charge on any atom is -0.321 e. The van der Waals surface area contributed by atoms with Crippen LogP contribution in [0.5, 0.6) is 0 Å². The molecule has 0 unspecified atom stereocenters. The van der Waals surface area contributed by atoms with E-state index in [0.29, 0.717) is 5.56 Å². The summed E-state index contributed by atoms with van der Waals surface area (Å²) < 4.78 is 0. The van der Waals surface area contributed by atoms with Crippen molar-refractivity contribution in [3.8, 4) is 11.3 Å². The molecule has 4 aromatic rings. The molecular formula is C27H26N2O. The molecule has 0 aliphatic carbocycles. The summed E-state index contributed by atoms with van der Waals surface area (Å²) in [4.78, 5) is 18.4. The van der Waals surface area contributed by atoms with E-state index in [1.165, 1.54) is 11.1 Å². The number of para-hydroxylation sites is 1. The normalized spacial score (nSPS) is 11.0. The second-order valence-corrected chi connectivity index (χ2v) is 8.07. The molecule has 3 aromatic carbocycles. The summed E-state index contributed by atoms with van der Waals surface area (Å²) in [5.74, 6) is -0.102. The number of carbonyl (C=O) groups excluding carboxylic acids is 1. The first-order valence-corrected chi connectivity index (χ1v) is 10.2. The molecule has 0 bridgehead atoms. The Morgan fingerprint density at radius 2 is 1.43 bits per heavy atom. The molecule has 3 nitrogen and oxygen atoms in total. The fourth-order valence-electron chi connectivity index (χ4n) is 4.15. The van der Waals surface area contributed by atoms with E-state index in [1.807, 2.05) is 45.0 Å². The molecule has 0 spiro atoms. The zero-order valence-electron chi connectivity index (χ0n) is 18.1. The molecule has 30 heavy (non-hydrogen) atoms. The number of anilines is 1. The van der Waals surface area contributed by atoms with Gasteiger partial charge in [0.2, 0.25) is 0 Å². The third-order valence-corrected chi connectivity index (χ3v) is 5.60. The Morgan fingerprint density at radius 1 is 0.800 bits per heavy atom. The Balaban J connectivity index is 1.88. The predicted octanol–water partition coefficient (Wildman–Crippen LogP) is 6.70. The van der Waals surface area contributed by atoms with Crippen LogP contribution in [0.15, 0.2) is 60.7 Å². The average Bonchev–Trinajstić information content (AvgIpc) is 2.71. The quantitative estimate of drug-likeness (QED) is 0.420. The molecule has 0 fully saturated rings. The van der Waals surface area contributed by atoms with Gasteiger partial charge in [-0.3, -0.25) is 4.79 Å². The van der Waals surface area contributed by atoms with Crippen molar-refractivity contribution in [2.45, 2.75) is 34.6 Å². The smallest absolute Gasteiger partial charge is 0.256 e. The number of carbonyl (C=O) groups is 1. The van der Waals surface area contributed by atoms with Gasteiger partial charge in [0.05, 0.1) is 16.8 Å². The van der Waals surface area contributed by atoms with Crippen LogP contribution in [0.1, 0.15) is 38.2 Å². The maximum absolute atomic E-state index is 13.5. The molecule has 0 radical (unpaired) electrons. The summed E-state index contributed by atoms with van der Waals surface area (Å²) in [5.41, 5.74) is 9.63. The largest absolute Gasteiger partial charge is 0.321 e. The monoisotopic (exact) mass is 394 g/mol. The zero-order valence-corrected chi connectivity index (χ0v) is 18.1. The van der Waals surface area contributed by atoms with Gasteiger partial charge in [-0.25, -0.2) is 4.98 Å². The molecular weight excluding hydrogens is 368 g/mol. The first-order chi connectivity index (χ1) is 14.3. The van der Waals surface area contributed by atoms with Crippen LogP contribution in [0.4, 0.5) is 5.69 Å². The summed E-state index contributed by atoms with van der Waals surface area (Å²) in [5, 5.41) is 4.04. The number of aromatic nitrogens is 1. The van der Waals surface area contributed by atoms with Crippen molar-refractivity contribution in [1.29, 1.82) is 0 Å². The topological polar surface area (TPSA) is 42.0 Å². The summed E-state index contributed by atoms with van der Waals surface area (Å²) in [6.45, 7) is 10.2. The number of rotatable bonds is 3. The Kier molecular flexibility index (Phi) is 5.13. The van der Waals surface area contributed by atoms with E-state index in [-0.39, 0.29) is 5.91 Å². The maximum Gasteiger partial charge on any atom is 0.256 e. The van der Waals surface area contributed by atoms with E-state index in [4.69, 9.17) is 4.98 Å². The number of pyridine rings is 1. The van der Waals surface area contributed by atoms with E-state index in [9.17, 15) is 4.79 Å². The van der Waals surface area contributed by atoms with Gasteiger partial charge < -0.3 is 5.32 Å². The Bertz CT molecular complexity index is 1250. The molecule has 1 amide bonds. The molecule has 1 heterocycles. The summed E-state index contributed by atoms with van der Waals surface area (Å²) in [6.07, 6.45) is 0. The predicted molar refractivity (Wildman–Crippen MR) is 125 cm³/mol. The highest BCUT2D eigenvalue weighted by molar-refractivity contribution is 6.14. The van der Waals surface area contributed by atoms with Crippen molar-refractivity contribution in [2.75, 3.05) is 5.32 Å². The van der Waals surface area contributed by atoms with E-state index < -0.39 is 0 Å². The molecule has 1 N–H and O–H groups in total. The maximum atomic E-state index is 13.5. The number of hydrogen-bond acceptors (Lipinski definition) is 2. The van der Waals surface area contributed by atoms with Gasteiger partial charge in [0.1, 0.15) is 0 Å². The molecule has 3 heteroatoms. The first-order valence-electron chi connectivity index (χ1n) is 10.2. The van der Waals surface area contributed by atoms with Crippen molar-refractivity contribution >= 4 is 22.5 Å². The number of nitrogens with one attached hydrogen (secondary N) is 1. The second kappa shape index (κ2) is 7.75. The van der Waals surface area contributed by atoms with Crippen LogP contribution in [-0.2, 0) is 0 Å². The second-order valence-electron chi connectivity index (χ2n) is 8.07. The summed E-state index contributed by atoms with van der Waals surface area (Å²) in [6, 6.07) is 20.3. The molecule has 0 aliphatic rings. The van der Waals surface area contributed by atoms with Crippen LogP contribution in [0.2, 0.25) is 0 Å². The van der Waals surface area contributed by atoms with Crippen LogP contribution in [0.3, 0.4) is 0 Å². The Morgan fingerprint density at radius 3 is 2.10 bits per heavy atom. The summed E-state index contributed by atoms with van der Waals surface area (Å²) in [7, 11) is 0. The number of hydrogen-bond donors (Lipinski definition) is 1. The molecule has 0 saturated heterocycles. The standard InChI is InChI=1S/C27H26N2O/c1-16-10-12-21(13-11-16)26-20(5)24(22-8-6-7-9-23(22)28-26)27(30)29-25-18(3)14-17(2)15-19(25)4/h6-15H,1-5H3,(H,29,30). The molecule has 0 saturated carbocycles. The first kappa shape index (κ1) is 19.8. The third kappa shape index (κ3) is 3.59. The van der Waals surface area contributed by atoms with Crippen molar-refractivity contribution in [2.24, 2.45) is 0 Å². The highest BCUT2D eigenvalue weighted by atomic mass is 16.1. The van der Waals surface area contributed by atoms with Crippen LogP contribution < -0.4 is 5.32 Å². The van der Waals surface area contributed by atoms with Gasteiger partial charge in [-0.1, -0.05) is 65.7 Å². The van der Waals surface area contributed by atoms with Gasteiger partial charge in [-0.2, -0.15) is 0 Å². The van der Waals surface area contributed by atoms with E-state index in [2.05, 4.69) is 55.6 Å². The minimum absolute atomic E-state index is 0.102. The zero-order chi connectivity index (χ0) is 21.4. The van der Waals surface area contributed by atoms with Gasteiger partial charge in [-0.05, 0) is 57.4 Å². The summed E-state index contributed by atoms with van der Waals surface area (Å²) >= 11 is 0. The number of nitrogens with zero attached hydrogens (tertiary/aromatic N) is 1. The van der Waals surface area contributed by atoms with Crippen LogP contribution in [0.25, 0.3) is 22.2 Å². The van der Waals surface area contributed by atoms with E-state index >= 15 is 0 Å². The molecule has 0 atom stereocenters. The molecule has 1 aromatic heterocycles. The van der Waals surface area contributed by atoms with Crippen molar-refractivity contribution < 1.29 is 4.79 Å². The molecule has 0 aliphatic heterocycles. The fraction of sp³-hybridized carbons (Fsp3) is 0.185. The lowest BCUT2D eigenvalue weighted by molar-refractivity contribution is 0.102. The number of amides is 1. The lowest BCUT2D eigenvalue weighted by Crippen LogP contribution is -2.17. The molecule has 4 rings (SSSR count). The Labute approximate surface area is 177 Å². The van der Waals surface area contributed by atoms with Gasteiger partial charge in [0.25, 0.3) is 5.91 Å². The van der Waals surface area contributed by atoms with Gasteiger partial charge in [0, 0.05) is 16.6 Å².